The van der Waals surface area contributed by atoms with Crippen molar-refractivity contribution < 1.29 is 4.79 Å². The normalized spacial score (nSPS) is 15.1. The molecule has 14 heavy (non-hydrogen) atoms. The zero-order valence-corrected chi connectivity index (χ0v) is 9.77. The van der Waals surface area contributed by atoms with Gasteiger partial charge >= 0.3 is 0 Å². The van der Waals surface area contributed by atoms with Gasteiger partial charge in [-0.25, -0.2) is 0 Å². The number of hydrogen-bond acceptors (Lipinski definition) is 3. The summed E-state index contributed by atoms with van der Waals surface area (Å²) in [5.41, 5.74) is 1.97. The zero-order valence-electron chi connectivity index (χ0n) is 7.61. The Morgan fingerprint density at radius 2 is 2.14 bits per heavy atom. The van der Waals surface area contributed by atoms with E-state index in [1.54, 1.807) is 12.4 Å². The molecule has 0 fully saturated rings. The standard InChI is InChI=1S/C9H10IN3O/c10-5-9(14)13-4-1-7-8(6-13)12-3-2-11-7/h2-3H,1,4-6H2. The first-order valence-corrected chi connectivity index (χ1v) is 5.96. The van der Waals surface area contributed by atoms with Crippen LogP contribution in [-0.2, 0) is 17.8 Å². The summed E-state index contributed by atoms with van der Waals surface area (Å²) in [6.07, 6.45) is 4.21. The van der Waals surface area contributed by atoms with E-state index in [0.29, 0.717) is 11.0 Å². The molecule has 5 heteroatoms. The average Bonchev–Trinajstić information content (AvgIpc) is 2.27. The van der Waals surface area contributed by atoms with Gasteiger partial charge in [-0.2, -0.15) is 0 Å². The molecule has 1 aliphatic heterocycles. The lowest BCUT2D eigenvalue weighted by Gasteiger charge is -2.26. The highest BCUT2D eigenvalue weighted by atomic mass is 127. The average molecular weight is 303 g/mol. The van der Waals surface area contributed by atoms with Crippen LogP contribution in [-0.4, -0.2) is 31.7 Å². The molecule has 0 aromatic carbocycles. The van der Waals surface area contributed by atoms with Gasteiger partial charge in [0.1, 0.15) is 0 Å². The number of amides is 1. The number of fused-ring (bicyclic) bond motifs is 1. The number of rotatable bonds is 1. The first kappa shape index (κ1) is 9.82. The molecule has 0 spiro atoms. The summed E-state index contributed by atoms with van der Waals surface area (Å²) in [6.45, 7) is 1.39. The number of aromatic nitrogens is 2. The van der Waals surface area contributed by atoms with E-state index in [-0.39, 0.29) is 5.91 Å². The quantitative estimate of drug-likeness (QED) is 0.569. The topological polar surface area (TPSA) is 46.1 Å². The van der Waals surface area contributed by atoms with Gasteiger partial charge < -0.3 is 4.90 Å². The molecule has 0 saturated carbocycles. The van der Waals surface area contributed by atoms with Crippen LogP contribution in [0.25, 0.3) is 0 Å². The molecule has 1 aromatic heterocycles. The third-order valence-corrected chi connectivity index (χ3v) is 2.94. The molecule has 4 nitrogen and oxygen atoms in total. The number of hydrogen-bond donors (Lipinski definition) is 0. The second-order valence-electron chi connectivity index (χ2n) is 3.15. The molecule has 0 radical (unpaired) electrons. The summed E-state index contributed by atoms with van der Waals surface area (Å²) >= 11 is 2.09. The third-order valence-electron chi connectivity index (χ3n) is 2.29. The van der Waals surface area contributed by atoms with E-state index < -0.39 is 0 Å². The Balaban J connectivity index is 2.17. The smallest absolute Gasteiger partial charge is 0.232 e. The first-order chi connectivity index (χ1) is 6.81. The Hall–Kier alpha value is -0.720. The highest BCUT2D eigenvalue weighted by molar-refractivity contribution is 14.1. The minimum Gasteiger partial charge on any atom is -0.336 e. The van der Waals surface area contributed by atoms with Gasteiger partial charge in [-0.3, -0.25) is 14.8 Å². The number of alkyl halides is 1. The zero-order chi connectivity index (χ0) is 9.97. The van der Waals surface area contributed by atoms with E-state index in [2.05, 4.69) is 32.6 Å². The SMILES string of the molecule is O=C(CI)N1CCc2nccnc2C1. The van der Waals surface area contributed by atoms with Crippen LogP contribution in [0.3, 0.4) is 0 Å². The number of nitrogens with zero attached hydrogens (tertiary/aromatic N) is 3. The maximum absolute atomic E-state index is 11.4. The van der Waals surface area contributed by atoms with Crippen molar-refractivity contribution in [2.24, 2.45) is 0 Å². The van der Waals surface area contributed by atoms with Gasteiger partial charge in [-0.15, -0.1) is 0 Å². The van der Waals surface area contributed by atoms with E-state index in [0.717, 1.165) is 24.4 Å². The fourth-order valence-electron chi connectivity index (χ4n) is 1.53. The first-order valence-electron chi connectivity index (χ1n) is 4.44. The predicted octanol–water partition coefficient (Wildman–Crippen LogP) is 0.796. The Kier molecular flexibility index (Phi) is 2.95. The summed E-state index contributed by atoms with van der Waals surface area (Å²) in [5.74, 6) is 0.182. The summed E-state index contributed by atoms with van der Waals surface area (Å²) in [7, 11) is 0. The molecular weight excluding hydrogens is 293 g/mol. The number of halogens is 1. The molecule has 1 aromatic rings. The fourth-order valence-corrected chi connectivity index (χ4v) is 2.02. The lowest BCUT2D eigenvalue weighted by molar-refractivity contribution is -0.129. The molecule has 0 atom stereocenters. The van der Waals surface area contributed by atoms with E-state index >= 15 is 0 Å². The second-order valence-corrected chi connectivity index (χ2v) is 3.91. The highest BCUT2D eigenvalue weighted by Crippen LogP contribution is 2.14. The molecule has 74 valence electrons. The van der Waals surface area contributed by atoms with Crippen molar-refractivity contribution >= 4 is 28.5 Å². The van der Waals surface area contributed by atoms with Crippen LogP contribution in [0.1, 0.15) is 11.4 Å². The molecule has 1 aliphatic rings. The van der Waals surface area contributed by atoms with Crippen molar-refractivity contribution in [3.63, 3.8) is 0 Å². The molecule has 0 aliphatic carbocycles. The maximum Gasteiger partial charge on any atom is 0.232 e. The van der Waals surface area contributed by atoms with Gasteiger partial charge in [-0.05, 0) is 0 Å². The summed E-state index contributed by atoms with van der Waals surface area (Å²) < 4.78 is 0.535. The van der Waals surface area contributed by atoms with Crippen LogP contribution >= 0.6 is 22.6 Å². The van der Waals surface area contributed by atoms with Crippen molar-refractivity contribution in [3.8, 4) is 0 Å². The molecule has 0 saturated heterocycles. The van der Waals surface area contributed by atoms with Gasteiger partial charge in [0.15, 0.2) is 0 Å². The van der Waals surface area contributed by atoms with Gasteiger partial charge in [0.25, 0.3) is 0 Å². The van der Waals surface area contributed by atoms with E-state index in [4.69, 9.17) is 0 Å². The minimum atomic E-state index is 0.182. The maximum atomic E-state index is 11.4. The van der Waals surface area contributed by atoms with E-state index in [9.17, 15) is 4.79 Å². The van der Waals surface area contributed by atoms with Gasteiger partial charge in [0.2, 0.25) is 5.91 Å². The minimum absolute atomic E-state index is 0.182. The van der Waals surface area contributed by atoms with Crippen LogP contribution < -0.4 is 0 Å². The number of carbonyl (C=O) groups is 1. The van der Waals surface area contributed by atoms with Gasteiger partial charge in [0.05, 0.1) is 22.4 Å². The molecule has 1 amide bonds. The molecule has 0 bridgehead atoms. The van der Waals surface area contributed by atoms with Crippen LogP contribution in [0.4, 0.5) is 0 Å². The summed E-state index contributed by atoms with van der Waals surface area (Å²) in [5, 5.41) is 0. The Morgan fingerprint density at radius 1 is 1.43 bits per heavy atom. The fraction of sp³-hybridized carbons (Fsp3) is 0.444. The molecule has 2 rings (SSSR count). The molecule has 0 N–H and O–H groups in total. The Morgan fingerprint density at radius 3 is 2.86 bits per heavy atom. The van der Waals surface area contributed by atoms with Crippen molar-refractivity contribution in [1.29, 1.82) is 0 Å². The van der Waals surface area contributed by atoms with Gasteiger partial charge in [0, 0.05) is 25.4 Å². The van der Waals surface area contributed by atoms with Crippen LogP contribution in [0.5, 0.6) is 0 Å². The largest absolute Gasteiger partial charge is 0.336 e. The monoisotopic (exact) mass is 303 g/mol. The van der Waals surface area contributed by atoms with Crippen molar-refractivity contribution in [2.45, 2.75) is 13.0 Å². The van der Waals surface area contributed by atoms with Crippen molar-refractivity contribution in [2.75, 3.05) is 11.0 Å². The molecule has 2 heterocycles. The van der Waals surface area contributed by atoms with Crippen molar-refractivity contribution in [3.05, 3.63) is 23.8 Å². The lowest BCUT2D eigenvalue weighted by Crippen LogP contribution is -2.37. The lowest BCUT2D eigenvalue weighted by atomic mass is 10.1. The second kappa shape index (κ2) is 4.20. The number of carbonyl (C=O) groups excluding carboxylic acids is 1. The van der Waals surface area contributed by atoms with Gasteiger partial charge in [-0.1, -0.05) is 22.6 Å². The molecule has 0 unspecified atom stereocenters. The Bertz CT molecular complexity index is 356. The third kappa shape index (κ3) is 1.87. The van der Waals surface area contributed by atoms with Crippen LogP contribution in [0.15, 0.2) is 12.4 Å². The Labute approximate surface area is 95.9 Å². The van der Waals surface area contributed by atoms with Crippen molar-refractivity contribution in [1.82, 2.24) is 14.9 Å². The predicted molar refractivity (Wildman–Crippen MR) is 60.0 cm³/mol. The van der Waals surface area contributed by atoms with E-state index in [1.807, 2.05) is 4.90 Å². The molecular formula is C9H10IN3O. The highest BCUT2D eigenvalue weighted by Gasteiger charge is 2.20. The summed E-state index contributed by atoms with van der Waals surface area (Å²) in [4.78, 5) is 21.7. The van der Waals surface area contributed by atoms with Crippen LogP contribution in [0, 0.1) is 0 Å². The van der Waals surface area contributed by atoms with Crippen LogP contribution in [0.2, 0.25) is 0 Å². The van der Waals surface area contributed by atoms with E-state index in [1.165, 1.54) is 0 Å². The summed E-state index contributed by atoms with van der Waals surface area (Å²) in [6, 6.07) is 0.